The van der Waals surface area contributed by atoms with Crippen molar-refractivity contribution in [3.05, 3.63) is 46.4 Å². The molecule has 0 fully saturated rings. The van der Waals surface area contributed by atoms with Crippen molar-refractivity contribution in [3.63, 3.8) is 0 Å². The van der Waals surface area contributed by atoms with E-state index in [1.165, 1.54) is 0 Å². The minimum absolute atomic E-state index is 0.286. The van der Waals surface area contributed by atoms with Crippen molar-refractivity contribution in [2.75, 3.05) is 0 Å². The van der Waals surface area contributed by atoms with E-state index in [1.807, 2.05) is 37.3 Å². The van der Waals surface area contributed by atoms with Gasteiger partial charge in [0.1, 0.15) is 11.6 Å². The molecular formula is C14H11BrN2O. The normalized spacial score (nSPS) is 11.0. The molecule has 1 aromatic heterocycles. The summed E-state index contributed by atoms with van der Waals surface area (Å²) in [5.74, 6) is 1.05. The summed E-state index contributed by atoms with van der Waals surface area (Å²) in [6.45, 7) is 1.87. The van der Waals surface area contributed by atoms with E-state index in [-0.39, 0.29) is 5.75 Å². The molecule has 0 amide bonds. The molecule has 90 valence electrons. The van der Waals surface area contributed by atoms with Crippen LogP contribution in [0, 0.1) is 6.92 Å². The number of hydrogen-bond donors (Lipinski definition) is 2. The maximum Gasteiger partial charge on any atom is 0.138 e. The molecule has 0 bridgehead atoms. The van der Waals surface area contributed by atoms with E-state index in [0.29, 0.717) is 0 Å². The van der Waals surface area contributed by atoms with Gasteiger partial charge in [0.15, 0.2) is 0 Å². The first kappa shape index (κ1) is 11.3. The van der Waals surface area contributed by atoms with Crippen LogP contribution in [-0.4, -0.2) is 15.1 Å². The van der Waals surface area contributed by atoms with Gasteiger partial charge in [-0.1, -0.05) is 28.1 Å². The second-order valence-corrected chi connectivity index (χ2v) is 5.16. The quantitative estimate of drug-likeness (QED) is 0.713. The minimum Gasteiger partial charge on any atom is -0.508 e. The molecule has 18 heavy (non-hydrogen) atoms. The Morgan fingerprint density at radius 2 is 2.00 bits per heavy atom. The second kappa shape index (κ2) is 4.14. The Hall–Kier alpha value is -1.81. The number of phenolic OH excluding ortho intramolecular Hbond substituents is 1. The highest BCUT2D eigenvalue weighted by atomic mass is 79.9. The lowest BCUT2D eigenvalue weighted by Gasteiger charge is -2.00. The van der Waals surface area contributed by atoms with Crippen molar-refractivity contribution < 1.29 is 5.11 Å². The summed E-state index contributed by atoms with van der Waals surface area (Å²) < 4.78 is 1.01. The lowest BCUT2D eigenvalue weighted by Crippen LogP contribution is -1.81. The number of imidazole rings is 1. The number of hydrogen-bond acceptors (Lipinski definition) is 2. The number of nitrogens with zero attached hydrogens (tertiary/aromatic N) is 1. The van der Waals surface area contributed by atoms with Crippen LogP contribution >= 0.6 is 15.9 Å². The van der Waals surface area contributed by atoms with E-state index >= 15 is 0 Å². The number of aromatic amines is 1. The van der Waals surface area contributed by atoms with Crippen molar-refractivity contribution in [1.82, 2.24) is 9.97 Å². The Bertz CT molecular complexity index is 734. The molecule has 0 saturated heterocycles. The summed E-state index contributed by atoms with van der Waals surface area (Å²) in [5.41, 5.74) is 3.62. The third-order valence-electron chi connectivity index (χ3n) is 2.93. The maximum absolute atomic E-state index is 9.73. The average molecular weight is 303 g/mol. The molecule has 0 aliphatic rings. The van der Waals surface area contributed by atoms with Gasteiger partial charge in [-0.25, -0.2) is 4.98 Å². The number of halogens is 1. The van der Waals surface area contributed by atoms with Gasteiger partial charge >= 0.3 is 0 Å². The lowest BCUT2D eigenvalue weighted by atomic mass is 10.1. The molecule has 3 nitrogen and oxygen atoms in total. The number of fused-ring (bicyclic) bond motifs is 1. The van der Waals surface area contributed by atoms with Gasteiger partial charge in [0.2, 0.25) is 0 Å². The Morgan fingerprint density at radius 1 is 1.17 bits per heavy atom. The summed E-state index contributed by atoms with van der Waals surface area (Å²) in [6.07, 6.45) is 0. The molecule has 2 aromatic carbocycles. The Balaban J connectivity index is 2.16. The van der Waals surface area contributed by atoms with Crippen LogP contribution in [0.25, 0.3) is 22.4 Å². The van der Waals surface area contributed by atoms with Crippen molar-refractivity contribution in [2.24, 2.45) is 0 Å². The number of aromatic hydroxyl groups is 1. The monoisotopic (exact) mass is 302 g/mol. The van der Waals surface area contributed by atoms with Gasteiger partial charge in [-0.05, 0) is 36.8 Å². The number of benzene rings is 2. The molecule has 0 spiro atoms. The molecule has 0 atom stereocenters. The smallest absolute Gasteiger partial charge is 0.138 e. The van der Waals surface area contributed by atoms with Crippen molar-refractivity contribution >= 4 is 27.0 Å². The van der Waals surface area contributed by atoms with Crippen LogP contribution in [0.3, 0.4) is 0 Å². The molecular weight excluding hydrogens is 292 g/mol. The van der Waals surface area contributed by atoms with Crippen LogP contribution < -0.4 is 0 Å². The van der Waals surface area contributed by atoms with Crippen molar-refractivity contribution in [1.29, 1.82) is 0 Å². The van der Waals surface area contributed by atoms with Gasteiger partial charge in [0.05, 0.1) is 11.0 Å². The third kappa shape index (κ3) is 1.88. The zero-order valence-electron chi connectivity index (χ0n) is 9.74. The highest BCUT2D eigenvalue weighted by Gasteiger charge is 2.07. The summed E-state index contributed by atoms with van der Waals surface area (Å²) in [7, 11) is 0. The van der Waals surface area contributed by atoms with E-state index in [2.05, 4.69) is 25.9 Å². The third-order valence-corrected chi connectivity index (χ3v) is 3.42. The van der Waals surface area contributed by atoms with E-state index in [4.69, 9.17) is 0 Å². The predicted octanol–water partition coefficient (Wildman–Crippen LogP) is 4.01. The number of aryl methyl sites for hydroxylation is 1. The molecule has 3 aromatic rings. The van der Waals surface area contributed by atoms with Gasteiger partial charge in [-0.3, -0.25) is 0 Å². The maximum atomic E-state index is 9.73. The lowest BCUT2D eigenvalue weighted by molar-refractivity contribution is 0.471. The predicted molar refractivity (Wildman–Crippen MR) is 75.6 cm³/mol. The molecule has 4 heteroatoms. The largest absolute Gasteiger partial charge is 0.508 e. The number of rotatable bonds is 1. The van der Waals surface area contributed by atoms with Crippen molar-refractivity contribution in [2.45, 2.75) is 6.92 Å². The molecule has 0 radical (unpaired) electrons. The first-order valence-corrected chi connectivity index (χ1v) is 6.38. The van der Waals surface area contributed by atoms with Crippen LogP contribution in [0.4, 0.5) is 0 Å². The van der Waals surface area contributed by atoms with E-state index in [9.17, 15) is 5.11 Å². The standard InChI is InChI=1S/C14H11BrN2O/c1-8-2-3-9(6-13(8)18)14-16-11-5-4-10(15)7-12(11)17-14/h2-7,18H,1H3,(H,16,17). The van der Waals surface area contributed by atoms with Gasteiger partial charge in [0.25, 0.3) is 0 Å². The molecule has 0 aliphatic heterocycles. The fraction of sp³-hybridized carbons (Fsp3) is 0.0714. The molecule has 1 heterocycles. The first-order valence-electron chi connectivity index (χ1n) is 5.59. The van der Waals surface area contributed by atoms with Crippen LogP contribution in [0.5, 0.6) is 5.75 Å². The molecule has 2 N–H and O–H groups in total. The summed E-state index contributed by atoms with van der Waals surface area (Å²) in [6, 6.07) is 11.4. The van der Waals surface area contributed by atoms with Gasteiger partial charge < -0.3 is 10.1 Å². The fourth-order valence-corrected chi connectivity index (χ4v) is 2.24. The van der Waals surface area contributed by atoms with E-state index in [1.54, 1.807) is 6.07 Å². The second-order valence-electron chi connectivity index (χ2n) is 4.25. The first-order chi connectivity index (χ1) is 8.63. The van der Waals surface area contributed by atoms with Crippen LogP contribution in [0.1, 0.15) is 5.56 Å². The van der Waals surface area contributed by atoms with Crippen LogP contribution in [0.2, 0.25) is 0 Å². The molecule has 0 unspecified atom stereocenters. The summed E-state index contributed by atoms with van der Waals surface area (Å²) in [4.78, 5) is 7.75. The van der Waals surface area contributed by atoms with E-state index < -0.39 is 0 Å². The average Bonchev–Trinajstić information content (AvgIpc) is 2.75. The van der Waals surface area contributed by atoms with Gasteiger partial charge in [-0.2, -0.15) is 0 Å². The Labute approximate surface area is 113 Å². The van der Waals surface area contributed by atoms with E-state index in [0.717, 1.165) is 32.5 Å². The highest BCUT2D eigenvalue weighted by Crippen LogP contribution is 2.26. The van der Waals surface area contributed by atoms with Gasteiger partial charge in [0, 0.05) is 10.0 Å². The topological polar surface area (TPSA) is 48.9 Å². The fourth-order valence-electron chi connectivity index (χ4n) is 1.88. The van der Waals surface area contributed by atoms with Crippen LogP contribution in [0.15, 0.2) is 40.9 Å². The zero-order chi connectivity index (χ0) is 12.7. The zero-order valence-corrected chi connectivity index (χ0v) is 11.3. The molecule has 0 aliphatic carbocycles. The SMILES string of the molecule is Cc1ccc(-c2nc3ccc(Br)cc3[nH]2)cc1O. The summed E-state index contributed by atoms with van der Waals surface area (Å²) in [5, 5.41) is 9.73. The summed E-state index contributed by atoms with van der Waals surface area (Å²) >= 11 is 3.43. The number of H-pyrrole nitrogens is 1. The van der Waals surface area contributed by atoms with Gasteiger partial charge in [-0.15, -0.1) is 0 Å². The number of aromatic nitrogens is 2. The van der Waals surface area contributed by atoms with Crippen molar-refractivity contribution in [3.8, 4) is 17.1 Å². The number of phenols is 1. The Morgan fingerprint density at radius 3 is 2.78 bits per heavy atom. The highest BCUT2D eigenvalue weighted by molar-refractivity contribution is 9.10. The Kier molecular flexibility index (Phi) is 2.59. The number of nitrogens with one attached hydrogen (secondary N) is 1. The minimum atomic E-state index is 0.286. The molecule has 3 rings (SSSR count). The van der Waals surface area contributed by atoms with Crippen LogP contribution in [-0.2, 0) is 0 Å². The molecule has 0 saturated carbocycles.